The van der Waals surface area contributed by atoms with E-state index in [-0.39, 0.29) is 5.82 Å². The van der Waals surface area contributed by atoms with Crippen molar-refractivity contribution in [3.05, 3.63) is 89.5 Å². The summed E-state index contributed by atoms with van der Waals surface area (Å²) in [6, 6.07) is 20.5. The Morgan fingerprint density at radius 3 is 2.27 bits per heavy atom. The molecular weight excluding hydrogens is 381 g/mol. The lowest BCUT2D eigenvalue weighted by Gasteiger charge is -2.12. The molecule has 0 bridgehead atoms. The molecule has 6 heteroatoms. The minimum atomic E-state index is -0.232. The third kappa shape index (κ3) is 4.44. The van der Waals surface area contributed by atoms with Crippen LogP contribution in [-0.2, 0) is 19.6 Å². The Balaban J connectivity index is 1.54. The van der Waals surface area contributed by atoms with E-state index in [1.807, 2.05) is 48.5 Å². The Labute approximate surface area is 175 Å². The first-order valence-corrected chi connectivity index (χ1v) is 9.77. The van der Waals surface area contributed by atoms with Gasteiger partial charge in [0, 0.05) is 19.2 Å². The molecule has 0 saturated heterocycles. The van der Waals surface area contributed by atoms with Crippen LogP contribution in [0.25, 0.3) is 11.0 Å². The molecule has 0 amide bonds. The van der Waals surface area contributed by atoms with Gasteiger partial charge in [-0.2, -0.15) is 0 Å². The molecule has 3 aromatic carbocycles. The lowest BCUT2D eigenvalue weighted by Crippen LogP contribution is -2.17. The zero-order chi connectivity index (χ0) is 20.9. The fourth-order valence-electron chi connectivity index (χ4n) is 3.50. The highest BCUT2D eigenvalue weighted by Crippen LogP contribution is 2.23. The van der Waals surface area contributed by atoms with E-state index in [9.17, 15) is 4.39 Å². The summed E-state index contributed by atoms with van der Waals surface area (Å²) in [7, 11) is 3.29. The van der Waals surface area contributed by atoms with Crippen molar-refractivity contribution in [3.63, 3.8) is 0 Å². The molecule has 0 aliphatic heterocycles. The van der Waals surface area contributed by atoms with E-state index in [1.54, 1.807) is 14.2 Å². The normalized spacial score (nSPS) is 11.0. The monoisotopic (exact) mass is 405 g/mol. The highest BCUT2D eigenvalue weighted by Gasteiger charge is 2.11. The maximum atomic E-state index is 13.3. The highest BCUT2D eigenvalue weighted by molar-refractivity contribution is 5.76. The first-order valence-electron chi connectivity index (χ1n) is 9.77. The van der Waals surface area contributed by atoms with Crippen molar-refractivity contribution in [3.8, 4) is 11.5 Å². The van der Waals surface area contributed by atoms with Crippen LogP contribution in [0.3, 0.4) is 0 Å². The topological polar surface area (TPSA) is 48.3 Å². The van der Waals surface area contributed by atoms with Crippen LogP contribution < -0.4 is 14.8 Å². The third-order valence-corrected chi connectivity index (χ3v) is 5.01. The van der Waals surface area contributed by atoms with Crippen molar-refractivity contribution < 1.29 is 13.9 Å². The largest absolute Gasteiger partial charge is 0.497 e. The zero-order valence-electron chi connectivity index (χ0n) is 17.1. The number of ether oxygens (including phenoxy) is 2. The molecule has 0 aliphatic rings. The SMILES string of the molecule is COc1cc(CNCc2nc3ccccc3n2Cc2ccc(F)cc2)cc(OC)c1. The van der Waals surface area contributed by atoms with Gasteiger partial charge in [0.2, 0.25) is 0 Å². The smallest absolute Gasteiger partial charge is 0.124 e. The molecule has 4 aromatic rings. The van der Waals surface area contributed by atoms with E-state index >= 15 is 0 Å². The van der Waals surface area contributed by atoms with Gasteiger partial charge < -0.3 is 19.4 Å². The van der Waals surface area contributed by atoms with Crippen molar-refractivity contribution in [2.45, 2.75) is 19.6 Å². The van der Waals surface area contributed by atoms with Gasteiger partial charge in [-0.25, -0.2) is 9.37 Å². The Hall–Kier alpha value is -3.38. The van der Waals surface area contributed by atoms with E-state index in [0.717, 1.165) is 39.5 Å². The maximum absolute atomic E-state index is 13.3. The summed E-state index contributed by atoms with van der Waals surface area (Å²) in [6.45, 7) is 1.87. The minimum absolute atomic E-state index is 0.232. The third-order valence-electron chi connectivity index (χ3n) is 5.01. The van der Waals surface area contributed by atoms with E-state index in [0.29, 0.717) is 19.6 Å². The highest BCUT2D eigenvalue weighted by atomic mass is 19.1. The van der Waals surface area contributed by atoms with Crippen LogP contribution in [0.15, 0.2) is 66.7 Å². The molecule has 5 nitrogen and oxygen atoms in total. The van der Waals surface area contributed by atoms with Crippen molar-refractivity contribution in [1.29, 1.82) is 0 Å². The summed E-state index contributed by atoms with van der Waals surface area (Å²) < 4.78 is 26.1. The Bertz CT molecular complexity index is 1120. The molecular formula is C24H24FN3O2. The summed E-state index contributed by atoms with van der Waals surface area (Å²) in [5, 5.41) is 3.46. The first-order chi connectivity index (χ1) is 14.7. The molecule has 0 saturated carbocycles. The van der Waals surface area contributed by atoms with Crippen LogP contribution in [0.1, 0.15) is 17.0 Å². The van der Waals surface area contributed by atoms with Gasteiger partial charge in [-0.15, -0.1) is 0 Å². The second-order valence-electron chi connectivity index (χ2n) is 7.05. The Morgan fingerprint density at radius 1 is 0.867 bits per heavy atom. The Morgan fingerprint density at radius 2 is 1.57 bits per heavy atom. The maximum Gasteiger partial charge on any atom is 0.124 e. The summed E-state index contributed by atoms with van der Waals surface area (Å²) in [5.74, 6) is 2.21. The lowest BCUT2D eigenvalue weighted by atomic mass is 10.2. The van der Waals surface area contributed by atoms with Crippen LogP contribution in [0.2, 0.25) is 0 Å². The van der Waals surface area contributed by atoms with E-state index in [2.05, 4.69) is 16.0 Å². The number of hydrogen-bond acceptors (Lipinski definition) is 4. The minimum Gasteiger partial charge on any atom is -0.497 e. The molecule has 0 radical (unpaired) electrons. The van der Waals surface area contributed by atoms with Crippen molar-refractivity contribution in [1.82, 2.24) is 14.9 Å². The van der Waals surface area contributed by atoms with E-state index in [4.69, 9.17) is 14.5 Å². The molecule has 1 heterocycles. The molecule has 0 spiro atoms. The van der Waals surface area contributed by atoms with Crippen LogP contribution in [0, 0.1) is 5.82 Å². The number of imidazole rings is 1. The number of aromatic nitrogens is 2. The van der Waals surface area contributed by atoms with Crippen LogP contribution in [-0.4, -0.2) is 23.8 Å². The summed E-state index contributed by atoms with van der Waals surface area (Å²) in [5.41, 5.74) is 4.09. The quantitative estimate of drug-likeness (QED) is 0.468. The molecule has 4 rings (SSSR count). The second kappa shape index (κ2) is 8.97. The van der Waals surface area contributed by atoms with Gasteiger partial charge in [0.25, 0.3) is 0 Å². The molecule has 30 heavy (non-hydrogen) atoms. The molecule has 0 aliphatic carbocycles. The molecule has 1 N–H and O–H groups in total. The Kier molecular flexibility index (Phi) is 5.95. The van der Waals surface area contributed by atoms with Gasteiger partial charge in [0.05, 0.1) is 31.8 Å². The summed E-state index contributed by atoms with van der Waals surface area (Å²) in [6.07, 6.45) is 0. The molecule has 1 aromatic heterocycles. The number of para-hydroxylation sites is 2. The molecule has 0 fully saturated rings. The summed E-state index contributed by atoms with van der Waals surface area (Å²) in [4.78, 5) is 4.80. The average Bonchev–Trinajstić information content (AvgIpc) is 3.12. The van der Waals surface area contributed by atoms with Gasteiger partial charge in [0.15, 0.2) is 0 Å². The van der Waals surface area contributed by atoms with Crippen molar-refractivity contribution >= 4 is 11.0 Å². The number of nitrogens with one attached hydrogen (secondary N) is 1. The first kappa shape index (κ1) is 19.9. The second-order valence-corrected chi connectivity index (χ2v) is 7.05. The predicted octanol–water partition coefficient (Wildman–Crippen LogP) is 4.53. The fraction of sp³-hybridized carbons (Fsp3) is 0.208. The van der Waals surface area contributed by atoms with Crippen molar-refractivity contribution in [2.24, 2.45) is 0 Å². The van der Waals surface area contributed by atoms with Gasteiger partial charge >= 0.3 is 0 Å². The zero-order valence-corrected chi connectivity index (χ0v) is 17.1. The lowest BCUT2D eigenvalue weighted by molar-refractivity contribution is 0.393. The van der Waals surface area contributed by atoms with Crippen LogP contribution in [0.4, 0.5) is 4.39 Å². The fourth-order valence-corrected chi connectivity index (χ4v) is 3.50. The van der Waals surface area contributed by atoms with Crippen LogP contribution >= 0.6 is 0 Å². The number of methoxy groups -OCH3 is 2. The van der Waals surface area contributed by atoms with Crippen molar-refractivity contribution in [2.75, 3.05) is 14.2 Å². The van der Waals surface area contributed by atoms with Gasteiger partial charge in [0.1, 0.15) is 23.1 Å². The predicted molar refractivity (Wildman–Crippen MR) is 115 cm³/mol. The van der Waals surface area contributed by atoms with Gasteiger partial charge in [-0.05, 0) is 47.5 Å². The molecule has 0 unspecified atom stereocenters. The summed E-state index contributed by atoms with van der Waals surface area (Å²) >= 11 is 0. The van der Waals surface area contributed by atoms with Gasteiger partial charge in [-0.1, -0.05) is 24.3 Å². The van der Waals surface area contributed by atoms with Crippen LogP contribution in [0.5, 0.6) is 11.5 Å². The number of hydrogen-bond donors (Lipinski definition) is 1. The van der Waals surface area contributed by atoms with E-state index < -0.39 is 0 Å². The number of nitrogens with zero attached hydrogens (tertiary/aromatic N) is 2. The number of halogens is 1. The number of fused-ring (bicyclic) bond motifs is 1. The number of rotatable bonds is 8. The average molecular weight is 405 g/mol. The standard InChI is InChI=1S/C24H24FN3O2/c1-29-20-11-18(12-21(13-20)30-2)14-26-15-24-27-22-5-3-4-6-23(22)28(24)16-17-7-9-19(25)10-8-17/h3-13,26H,14-16H2,1-2H3. The van der Waals surface area contributed by atoms with Gasteiger partial charge in [-0.3, -0.25) is 0 Å². The van der Waals surface area contributed by atoms with E-state index in [1.165, 1.54) is 12.1 Å². The molecule has 154 valence electrons. The molecule has 0 atom stereocenters. The number of benzene rings is 3.